The second-order valence-corrected chi connectivity index (χ2v) is 21.3. The summed E-state index contributed by atoms with van der Waals surface area (Å²) in [6.45, 7) is 0. The van der Waals surface area contributed by atoms with Crippen LogP contribution in [0.3, 0.4) is 0 Å². The standard InChI is InChI=1S/C14H20Si3/c15-16-17(11-13-7-3-1-4-8-13)12-14-9-5-2-6-10-14/h1-10,17H,11-12,16H2,15H3. The van der Waals surface area contributed by atoms with Crippen LogP contribution in [0.2, 0.25) is 0 Å². The summed E-state index contributed by atoms with van der Waals surface area (Å²) in [5, 5.41) is 0. The van der Waals surface area contributed by atoms with Gasteiger partial charge in [-0.3, -0.25) is 0 Å². The van der Waals surface area contributed by atoms with Crippen molar-refractivity contribution in [2.45, 2.75) is 12.1 Å². The van der Waals surface area contributed by atoms with Gasteiger partial charge in [-0.25, -0.2) is 0 Å². The Morgan fingerprint density at radius 2 is 1.18 bits per heavy atom. The minimum absolute atomic E-state index is 0.318. The van der Waals surface area contributed by atoms with E-state index in [1.807, 2.05) is 0 Å². The highest BCUT2D eigenvalue weighted by molar-refractivity contribution is 7.30. The summed E-state index contributed by atoms with van der Waals surface area (Å²) in [7, 11) is 1.35. The van der Waals surface area contributed by atoms with E-state index in [1.165, 1.54) is 21.8 Å². The lowest BCUT2D eigenvalue weighted by atomic mass is 10.2. The maximum Gasteiger partial charge on any atom is 0.0302 e. The van der Waals surface area contributed by atoms with Crippen LogP contribution in [0.4, 0.5) is 0 Å². The molecule has 0 amide bonds. The second kappa shape index (κ2) is 6.74. The Morgan fingerprint density at radius 3 is 1.53 bits per heavy atom. The van der Waals surface area contributed by atoms with Crippen molar-refractivity contribution in [3.8, 4) is 0 Å². The van der Waals surface area contributed by atoms with Crippen LogP contribution < -0.4 is 0 Å². The average molecular weight is 273 g/mol. The molecule has 0 radical (unpaired) electrons. The Bertz CT molecular complexity index is 386. The summed E-state index contributed by atoms with van der Waals surface area (Å²) in [6, 6.07) is 25.0. The maximum atomic E-state index is 2.30. The zero-order valence-electron chi connectivity index (χ0n) is 10.5. The molecule has 0 spiro atoms. The van der Waals surface area contributed by atoms with E-state index in [0.29, 0.717) is 8.55 Å². The van der Waals surface area contributed by atoms with Crippen molar-refractivity contribution < 1.29 is 0 Å². The minimum atomic E-state index is -0.466. The Hall–Kier alpha value is -0.909. The number of hydrogen-bond acceptors (Lipinski definition) is 0. The van der Waals surface area contributed by atoms with Crippen molar-refractivity contribution in [3.05, 3.63) is 71.8 Å². The van der Waals surface area contributed by atoms with Gasteiger partial charge in [0, 0.05) is 8.31 Å². The van der Waals surface area contributed by atoms with Crippen LogP contribution in [-0.2, 0) is 12.1 Å². The van der Waals surface area contributed by atoms with Gasteiger partial charge in [-0.15, -0.1) is 0 Å². The highest BCUT2D eigenvalue weighted by Crippen LogP contribution is 2.07. The maximum absolute atomic E-state index is 2.30. The van der Waals surface area contributed by atoms with Gasteiger partial charge >= 0.3 is 0 Å². The highest BCUT2D eigenvalue weighted by atomic mass is 29.5. The Balaban J connectivity index is 1.98. The van der Waals surface area contributed by atoms with Crippen molar-refractivity contribution in [1.29, 1.82) is 0 Å². The highest BCUT2D eigenvalue weighted by Gasteiger charge is 2.10. The van der Waals surface area contributed by atoms with E-state index in [9.17, 15) is 0 Å². The number of rotatable bonds is 5. The van der Waals surface area contributed by atoms with Crippen molar-refractivity contribution in [2.24, 2.45) is 0 Å². The first kappa shape index (κ1) is 12.5. The lowest BCUT2D eigenvalue weighted by Gasteiger charge is -2.13. The van der Waals surface area contributed by atoms with E-state index >= 15 is 0 Å². The smallest absolute Gasteiger partial charge is 0.0302 e. The molecule has 88 valence electrons. The van der Waals surface area contributed by atoms with Gasteiger partial charge in [-0.1, -0.05) is 71.8 Å². The van der Waals surface area contributed by atoms with Crippen LogP contribution in [0.15, 0.2) is 60.7 Å². The number of benzene rings is 2. The van der Waals surface area contributed by atoms with Crippen LogP contribution in [0, 0.1) is 0 Å². The first-order chi connectivity index (χ1) is 8.38. The van der Waals surface area contributed by atoms with E-state index < -0.39 is 8.31 Å². The van der Waals surface area contributed by atoms with Crippen LogP contribution in [-0.4, -0.2) is 26.6 Å². The SMILES string of the molecule is [SiH3][SiH2][SiH](Cc1ccccc1)Cc1ccccc1. The lowest BCUT2D eigenvalue weighted by Crippen LogP contribution is -2.29. The Morgan fingerprint density at radius 1 is 0.765 bits per heavy atom. The van der Waals surface area contributed by atoms with Crippen molar-refractivity contribution in [3.63, 3.8) is 0 Å². The predicted octanol–water partition coefficient (Wildman–Crippen LogP) is 0.723. The zero-order valence-corrected chi connectivity index (χ0v) is 15.0. The normalized spacial score (nSPS) is 11.6. The first-order valence-electron chi connectivity index (χ1n) is 6.46. The topological polar surface area (TPSA) is 0 Å². The first-order valence-corrected chi connectivity index (χ1v) is 17.0. The quantitative estimate of drug-likeness (QED) is 0.704. The lowest BCUT2D eigenvalue weighted by molar-refractivity contribution is 1.29. The molecule has 2 aromatic carbocycles. The third kappa shape index (κ3) is 4.11. The van der Waals surface area contributed by atoms with Crippen LogP contribution in [0.5, 0.6) is 0 Å². The number of hydrogen-bond donors (Lipinski definition) is 0. The molecule has 3 heteroatoms. The van der Waals surface area contributed by atoms with E-state index in [4.69, 9.17) is 0 Å². The largest absolute Gasteiger partial charge is 0.0622 e. The van der Waals surface area contributed by atoms with Gasteiger partial charge in [0.05, 0.1) is 0 Å². The molecular weight excluding hydrogens is 252 g/mol. The molecule has 17 heavy (non-hydrogen) atoms. The van der Waals surface area contributed by atoms with E-state index in [2.05, 4.69) is 60.7 Å². The summed E-state index contributed by atoms with van der Waals surface area (Å²) in [5.41, 5.74) is 3.15. The second-order valence-electron chi connectivity index (χ2n) is 4.65. The summed E-state index contributed by atoms with van der Waals surface area (Å²) >= 11 is 0. The van der Waals surface area contributed by atoms with Crippen LogP contribution >= 0.6 is 0 Å². The van der Waals surface area contributed by atoms with E-state index in [-0.39, 0.29) is 0 Å². The third-order valence-electron chi connectivity index (χ3n) is 3.31. The summed E-state index contributed by atoms with van der Waals surface area (Å²) < 4.78 is 0. The monoisotopic (exact) mass is 272 g/mol. The van der Waals surface area contributed by atoms with E-state index in [1.54, 1.807) is 11.1 Å². The molecule has 0 aliphatic heterocycles. The van der Waals surface area contributed by atoms with Crippen LogP contribution in [0.25, 0.3) is 0 Å². The molecule has 2 aromatic rings. The van der Waals surface area contributed by atoms with Crippen molar-refractivity contribution in [1.82, 2.24) is 0 Å². The average Bonchev–Trinajstić information content (AvgIpc) is 2.40. The summed E-state index contributed by atoms with van der Waals surface area (Å²) in [5.74, 6) is 0. The molecule has 0 atom stereocenters. The summed E-state index contributed by atoms with van der Waals surface area (Å²) in [6.07, 6.45) is 0. The molecule has 0 saturated heterocycles. The molecule has 0 aromatic heterocycles. The Labute approximate surface area is 111 Å². The minimum Gasteiger partial charge on any atom is -0.0622 e. The van der Waals surface area contributed by atoms with Gasteiger partial charge in [0.25, 0.3) is 0 Å². The predicted molar refractivity (Wildman–Crippen MR) is 85.9 cm³/mol. The van der Waals surface area contributed by atoms with Gasteiger partial charge in [0.2, 0.25) is 0 Å². The molecular formula is C14H20Si3. The fraction of sp³-hybridized carbons (Fsp3) is 0.143. The molecule has 0 heterocycles. The fourth-order valence-corrected chi connectivity index (χ4v) is 13.8. The van der Waals surface area contributed by atoms with Crippen molar-refractivity contribution >= 4 is 26.6 Å². The van der Waals surface area contributed by atoms with Gasteiger partial charge in [0.1, 0.15) is 0 Å². The molecule has 0 nitrogen and oxygen atoms in total. The molecule has 0 unspecified atom stereocenters. The molecule has 0 aliphatic carbocycles. The zero-order chi connectivity index (χ0) is 11.9. The fourth-order valence-electron chi connectivity index (χ4n) is 2.26. The third-order valence-corrected chi connectivity index (χ3v) is 22.2. The molecule has 0 bridgehead atoms. The summed E-state index contributed by atoms with van der Waals surface area (Å²) in [4.78, 5) is 0. The van der Waals surface area contributed by atoms with Crippen molar-refractivity contribution in [2.75, 3.05) is 0 Å². The van der Waals surface area contributed by atoms with E-state index in [0.717, 1.165) is 0 Å². The molecule has 2 rings (SSSR count). The molecule has 0 saturated carbocycles. The van der Waals surface area contributed by atoms with Gasteiger partial charge in [0.15, 0.2) is 0 Å². The van der Waals surface area contributed by atoms with Crippen LogP contribution in [0.1, 0.15) is 11.1 Å². The van der Waals surface area contributed by atoms with Gasteiger partial charge in [-0.2, -0.15) is 0 Å². The molecule has 0 aliphatic rings. The molecule has 0 N–H and O–H groups in total. The van der Waals surface area contributed by atoms with Gasteiger partial charge in [-0.05, 0) is 30.4 Å². The molecule has 0 fully saturated rings. The van der Waals surface area contributed by atoms with Gasteiger partial charge < -0.3 is 0 Å². The Kier molecular flexibility index (Phi) is 4.97.